The second-order valence-electron chi connectivity index (χ2n) is 7.13. The molecular formula is C21H18ClN5O2. The summed E-state index contributed by atoms with van der Waals surface area (Å²) in [5, 5.41) is 15.9. The summed E-state index contributed by atoms with van der Waals surface area (Å²) in [5.41, 5.74) is 3.67. The minimum Gasteiger partial charge on any atom is -0.489 e. The Kier molecular flexibility index (Phi) is 4.52. The molecule has 3 aromatic rings. The van der Waals surface area contributed by atoms with Crippen LogP contribution in [0.2, 0.25) is 5.02 Å². The van der Waals surface area contributed by atoms with Crippen LogP contribution in [0.4, 0.5) is 5.95 Å². The Morgan fingerprint density at radius 1 is 1.10 bits per heavy atom. The highest BCUT2D eigenvalue weighted by Crippen LogP contribution is 2.39. The molecule has 1 aliphatic heterocycles. The number of ketones is 1. The predicted molar refractivity (Wildman–Crippen MR) is 108 cm³/mol. The number of nitrogens with zero attached hydrogens (tertiary/aromatic N) is 4. The number of carbonyl (C=O) groups is 1. The molecule has 1 N–H and O–H groups in total. The Labute approximate surface area is 172 Å². The molecule has 1 atom stereocenters. The van der Waals surface area contributed by atoms with Gasteiger partial charge in [0.2, 0.25) is 5.95 Å². The zero-order chi connectivity index (χ0) is 19.8. The summed E-state index contributed by atoms with van der Waals surface area (Å²) >= 11 is 5.92. The number of nitrogens with one attached hydrogen (secondary N) is 1. The average Bonchev–Trinajstić information content (AvgIpc) is 3.21. The molecule has 0 saturated carbocycles. The first-order chi connectivity index (χ1) is 14.2. The molecule has 7 nitrogen and oxygen atoms in total. The summed E-state index contributed by atoms with van der Waals surface area (Å²) < 4.78 is 7.55. The van der Waals surface area contributed by atoms with Crippen molar-refractivity contribution in [3.05, 3.63) is 76.0 Å². The van der Waals surface area contributed by atoms with Crippen LogP contribution in [0, 0.1) is 0 Å². The molecule has 1 aromatic heterocycles. The van der Waals surface area contributed by atoms with Crippen molar-refractivity contribution in [3.8, 4) is 5.75 Å². The Morgan fingerprint density at radius 2 is 1.90 bits per heavy atom. The maximum absolute atomic E-state index is 12.7. The first-order valence-corrected chi connectivity index (χ1v) is 9.85. The molecule has 1 aliphatic carbocycles. The summed E-state index contributed by atoms with van der Waals surface area (Å²) in [6, 6.07) is 15.0. The van der Waals surface area contributed by atoms with Crippen molar-refractivity contribution < 1.29 is 9.53 Å². The van der Waals surface area contributed by atoms with Crippen molar-refractivity contribution in [2.45, 2.75) is 31.9 Å². The molecule has 146 valence electrons. The van der Waals surface area contributed by atoms with Crippen molar-refractivity contribution in [1.82, 2.24) is 20.2 Å². The predicted octanol–water partition coefficient (Wildman–Crippen LogP) is 3.93. The number of halogens is 1. The fraction of sp³-hybridized carbons (Fsp3) is 0.238. The topological polar surface area (TPSA) is 81.9 Å². The van der Waals surface area contributed by atoms with Crippen LogP contribution >= 0.6 is 11.6 Å². The van der Waals surface area contributed by atoms with Crippen molar-refractivity contribution in [2.24, 2.45) is 0 Å². The molecule has 5 rings (SSSR count). The van der Waals surface area contributed by atoms with Gasteiger partial charge in [0.1, 0.15) is 18.4 Å². The van der Waals surface area contributed by atoms with Gasteiger partial charge in [0.15, 0.2) is 5.78 Å². The highest BCUT2D eigenvalue weighted by molar-refractivity contribution is 6.30. The van der Waals surface area contributed by atoms with Crippen LogP contribution in [0.3, 0.4) is 0 Å². The third kappa shape index (κ3) is 3.38. The van der Waals surface area contributed by atoms with Crippen LogP contribution in [0.5, 0.6) is 5.75 Å². The summed E-state index contributed by atoms with van der Waals surface area (Å²) in [7, 11) is 0. The molecular weight excluding hydrogens is 390 g/mol. The molecule has 2 heterocycles. The Balaban J connectivity index is 1.41. The quantitative estimate of drug-likeness (QED) is 0.705. The number of benzene rings is 2. The third-order valence-electron chi connectivity index (χ3n) is 5.24. The standard InChI is InChI=1S/C21H18ClN5O2/c22-15-8-4-13(5-9-15)12-29-16-10-6-14(7-11-16)20-19-17(2-1-3-18(19)28)23-21-24-25-26-27(20)21/h4-11,20H,1-3,12H2,(H,23,24,26). The number of tetrazole rings is 1. The van der Waals surface area contributed by atoms with Crippen LogP contribution in [0.15, 0.2) is 59.8 Å². The summed E-state index contributed by atoms with van der Waals surface area (Å²) in [6.45, 7) is 0.453. The van der Waals surface area contributed by atoms with Crippen molar-refractivity contribution in [2.75, 3.05) is 5.32 Å². The summed E-state index contributed by atoms with van der Waals surface area (Å²) in [6.07, 6.45) is 2.22. The van der Waals surface area contributed by atoms with Gasteiger partial charge in [-0.25, -0.2) is 0 Å². The van der Waals surface area contributed by atoms with Gasteiger partial charge in [0.05, 0.1) is 0 Å². The number of fused-ring (bicyclic) bond motifs is 1. The number of anilines is 1. The first-order valence-electron chi connectivity index (χ1n) is 9.47. The smallest absolute Gasteiger partial charge is 0.248 e. The van der Waals surface area contributed by atoms with E-state index in [1.807, 2.05) is 48.5 Å². The van der Waals surface area contributed by atoms with Gasteiger partial charge in [0.25, 0.3) is 0 Å². The number of Topliss-reactive ketones (excluding diaryl/α,β-unsaturated/α-hetero) is 1. The molecule has 0 radical (unpaired) electrons. The Bertz CT molecular complexity index is 1090. The number of hydrogen-bond donors (Lipinski definition) is 1. The largest absolute Gasteiger partial charge is 0.489 e. The van der Waals surface area contributed by atoms with Crippen LogP contribution in [0.1, 0.15) is 36.4 Å². The summed E-state index contributed by atoms with van der Waals surface area (Å²) in [5.74, 6) is 1.46. The number of allylic oxidation sites excluding steroid dienone is 2. The fourth-order valence-corrected chi connectivity index (χ4v) is 3.95. The normalized spacial score (nSPS) is 18.1. The second-order valence-corrected chi connectivity index (χ2v) is 7.56. The van der Waals surface area contributed by atoms with E-state index in [2.05, 4.69) is 20.8 Å². The van der Waals surface area contributed by atoms with Gasteiger partial charge in [-0.3, -0.25) is 4.79 Å². The molecule has 2 aliphatic rings. The number of hydrogen-bond acceptors (Lipinski definition) is 6. The van der Waals surface area contributed by atoms with E-state index >= 15 is 0 Å². The van der Waals surface area contributed by atoms with E-state index in [1.165, 1.54) is 0 Å². The molecule has 2 aromatic carbocycles. The Morgan fingerprint density at radius 3 is 2.69 bits per heavy atom. The van der Waals surface area contributed by atoms with Gasteiger partial charge in [-0.1, -0.05) is 41.0 Å². The van der Waals surface area contributed by atoms with Crippen LogP contribution in [-0.4, -0.2) is 26.0 Å². The SMILES string of the molecule is O=C1CCCC2=C1C(c1ccc(OCc3ccc(Cl)cc3)cc1)n1nnnc1N2. The lowest BCUT2D eigenvalue weighted by Crippen LogP contribution is -2.31. The van der Waals surface area contributed by atoms with E-state index < -0.39 is 0 Å². The molecule has 1 unspecified atom stereocenters. The van der Waals surface area contributed by atoms with Crippen molar-refractivity contribution in [3.63, 3.8) is 0 Å². The minimum atomic E-state index is -0.325. The molecule has 29 heavy (non-hydrogen) atoms. The van der Waals surface area contributed by atoms with Crippen LogP contribution in [0.25, 0.3) is 0 Å². The van der Waals surface area contributed by atoms with E-state index in [0.29, 0.717) is 24.0 Å². The summed E-state index contributed by atoms with van der Waals surface area (Å²) in [4.78, 5) is 12.7. The van der Waals surface area contributed by atoms with E-state index in [9.17, 15) is 4.79 Å². The number of rotatable bonds is 4. The average molecular weight is 408 g/mol. The molecule has 0 bridgehead atoms. The molecule has 0 saturated heterocycles. The van der Waals surface area contributed by atoms with Gasteiger partial charge < -0.3 is 10.1 Å². The second kappa shape index (κ2) is 7.33. The van der Waals surface area contributed by atoms with Gasteiger partial charge in [-0.15, -0.1) is 0 Å². The van der Waals surface area contributed by atoms with Gasteiger partial charge in [-0.05, 0) is 58.7 Å². The molecule has 8 heteroatoms. The van der Waals surface area contributed by atoms with Gasteiger partial charge in [-0.2, -0.15) is 4.68 Å². The lowest BCUT2D eigenvalue weighted by atomic mass is 9.85. The van der Waals surface area contributed by atoms with E-state index in [-0.39, 0.29) is 11.8 Å². The van der Waals surface area contributed by atoms with E-state index in [1.54, 1.807) is 4.68 Å². The highest BCUT2D eigenvalue weighted by Gasteiger charge is 2.36. The van der Waals surface area contributed by atoms with Crippen molar-refractivity contribution in [1.29, 1.82) is 0 Å². The highest BCUT2D eigenvalue weighted by atomic mass is 35.5. The lowest BCUT2D eigenvalue weighted by Gasteiger charge is -2.31. The number of ether oxygens (including phenoxy) is 1. The minimum absolute atomic E-state index is 0.146. The number of carbonyl (C=O) groups excluding carboxylic acids is 1. The van der Waals surface area contributed by atoms with Crippen LogP contribution in [-0.2, 0) is 11.4 Å². The Hall–Kier alpha value is -3.19. The third-order valence-corrected chi connectivity index (χ3v) is 5.50. The van der Waals surface area contributed by atoms with E-state index in [0.717, 1.165) is 41.0 Å². The van der Waals surface area contributed by atoms with Gasteiger partial charge in [0, 0.05) is 22.7 Å². The molecule has 0 fully saturated rings. The van der Waals surface area contributed by atoms with E-state index in [4.69, 9.17) is 16.3 Å². The fourth-order valence-electron chi connectivity index (χ4n) is 3.82. The van der Waals surface area contributed by atoms with Gasteiger partial charge >= 0.3 is 0 Å². The maximum atomic E-state index is 12.7. The van der Waals surface area contributed by atoms with Crippen LogP contribution < -0.4 is 10.1 Å². The van der Waals surface area contributed by atoms with Crippen molar-refractivity contribution >= 4 is 23.3 Å². The zero-order valence-corrected chi connectivity index (χ0v) is 16.3. The number of aromatic nitrogens is 4. The monoisotopic (exact) mass is 407 g/mol. The molecule has 0 spiro atoms. The first kappa shape index (κ1) is 17.9. The zero-order valence-electron chi connectivity index (χ0n) is 15.5. The maximum Gasteiger partial charge on any atom is 0.248 e. The molecule has 0 amide bonds. The lowest BCUT2D eigenvalue weighted by molar-refractivity contribution is -0.116.